The van der Waals surface area contributed by atoms with Crippen molar-refractivity contribution in [1.82, 2.24) is 0 Å². The van der Waals surface area contributed by atoms with Crippen molar-refractivity contribution in [2.45, 2.75) is 6.92 Å². The number of esters is 1. The van der Waals surface area contributed by atoms with Gasteiger partial charge in [-0.3, -0.25) is 5.41 Å². The lowest BCUT2D eigenvalue weighted by Crippen LogP contribution is -2.17. The zero-order chi connectivity index (χ0) is 11.7. The molecule has 0 spiro atoms. The van der Waals surface area contributed by atoms with E-state index in [0.717, 1.165) is 0 Å². The minimum atomic E-state index is -0.640. The number of hydrogen-bond acceptors (Lipinski definition) is 3. The molecule has 0 aromatic heterocycles. The number of carbonyl (C=O) groups excluding carboxylic acids is 1. The smallest absolute Gasteiger partial charge is 0.356 e. The van der Waals surface area contributed by atoms with Gasteiger partial charge in [0.15, 0.2) is 0 Å². The van der Waals surface area contributed by atoms with Gasteiger partial charge in [0, 0.05) is 5.57 Å². The van der Waals surface area contributed by atoms with Crippen molar-refractivity contribution < 1.29 is 9.53 Å². The first-order chi connectivity index (χ1) is 7.17. The van der Waals surface area contributed by atoms with Gasteiger partial charge in [-0.25, -0.2) is 4.79 Å². The summed E-state index contributed by atoms with van der Waals surface area (Å²) in [5, 5.41) is 7.56. The van der Waals surface area contributed by atoms with Crippen molar-refractivity contribution in [3.63, 3.8) is 0 Å². The zero-order valence-electron chi connectivity index (χ0n) is 8.82. The number of rotatable bonds is 6. The molecule has 1 N–H and O–H groups in total. The standard InChI is InChI=1S/C12H15NO2/c1-4-7-9-10(8-5-2)11(13)12(14)15-6-3/h4-5,7-9,13H,1-2,6H2,3H3/b9-7-,10-8+,13-11?. The molecule has 0 heterocycles. The Balaban J connectivity index is 4.78. The molecule has 3 nitrogen and oxygen atoms in total. The van der Waals surface area contributed by atoms with E-state index < -0.39 is 5.97 Å². The van der Waals surface area contributed by atoms with Crippen LogP contribution in [0.2, 0.25) is 0 Å². The van der Waals surface area contributed by atoms with E-state index in [1.54, 1.807) is 31.2 Å². The molecule has 0 aliphatic heterocycles. The second kappa shape index (κ2) is 7.50. The maximum atomic E-state index is 11.2. The third-order valence-corrected chi connectivity index (χ3v) is 1.48. The quantitative estimate of drug-likeness (QED) is 0.411. The van der Waals surface area contributed by atoms with Crippen LogP contribution < -0.4 is 0 Å². The van der Waals surface area contributed by atoms with E-state index in [-0.39, 0.29) is 12.3 Å². The average molecular weight is 205 g/mol. The van der Waals surface area contributed by atoms with Gasteiger partial charge >= 0.3 is 5.97 Å². The van der Waals surface area contributed by atoms with E-state index >= 15 is 0 Å². The normalized spacial score (nSPS) is 11.1. The van der Waals surface area contributed by atoms with Crippen LogP contribution in [0.15, 0.2) is 49.1 Å². The summed E-state index contributed by atoms with van der Waals surface area (Å²) in [5.74, 6) is -0.640. The molecule has 15 heavy (non-hydrogen) atoms. The maximum absolute atomic E-state index is 11.2. The number of hydrogen-bond donors (Lipinski definition) is 1. The molecule has 0 unspecified atom stereocenters. The van der Waals surface area contributed by atoms with Gasteiger partial charge in [0.05, 0.1) is 6.61 Å². The lowest BCUT2D eigenvalue weighted by molar-refractivity contribution is -0.135. The van der Waals surface area contributed by atoms with Crippen molar-refractivity contribution in [3.05, 3.63) is 49.1 Å². The molecular formula is C12H15NO2. The molecule has 3 heteroatoms. The van der Waals surface area contributed by atoms with Gasteiger partial charge < -0.3 is 4.74 Å². The van der Waals surface area contributed by atoms with Crippen molar-refractivity contribution >= 4 is 11.7 Å². The topological polar surface area (TPSA) is 50.2 Å². The molecule has 0 amide bonds. The first-order valence-corrected chi connectivity index (χ1v) is 4.55. The summed E-state index contributed by atoms with van der Waals surface area (Å²) in [7, 11) is 0. The number of carbonyl (C=O) groups is 1. The molecule has 0 rings (SSSR count). The Kier molecular flexibility index (Phi) is 6.55. The van der Waals surface area contributed by atoms with Gasteiger partial charge in [0.1, 0.15) is 5.71 Å². The molecule has 0 aromatic rings. The van der Waals surface area contributed by atoms with Crippen LogP contribution in [0.25, 0.3) is 0 Å². The Morgan fingerprint density at radius 3 is 2.53 bits per heavy atom. The molecule has 0 atom stereocenters. The highest BCUT2D eigenvalue weighted by molar-refractivity contribution is 6.42. The van der Waals surface area contributed by atoms with Crippen molar-refractivity contribution in [3.8, 4) is 0 Å². The van der Waals surface area contributed by atoms with E-state index in [1.165, 1.54) is 6.08 Å². The molecule has 0 radical (unpaired) electrons. The van der Waals surface area contributed by atoms with Gasteiger partial charge in [0.25, 0.3) is 0 Å². The number of nitrogens with one attached hydrogen (secondary N) is 1. The predicted molar refractivity (Wildman–Crippen MR) is 62.0 cm³/mol. The van der Waals surface area contributed by atoms with E-state index in [9.17, 15) is 4.79 Å². The molecule has 0 aliphatic carbocycles. The van der Waals surface area contributed by atoms with E-state index in [0.29, 0.717) is 5.57 Å². The first kappa shape index (κ1) is 13.1. The molecule has 0 aromatic carbocycles. The Labute approximate surface area is 90.0 Å². The maximum Gasteiger partial charge on any atom is 0.356 e. The second-order valence-corrected chi connectivity index (χ2v) is 2.55. The van der Waals surface area contributed by atoms with Crippen LogP contribution in [-0.2, 0) is 9.53 Å². The molecule has 0 fully saturated rings. The molecule has 0 saturated heterocycles. The predicted octanol–water partition coefficient (Wildman–Crippen LogP) is 2.42. The highest BCUT2D eigenvalue weighted by atomic mass is 16.5. The van der Waals surface area contributed by atoms with Crippen LogP contribution in [-0.4, -0.2) is 18.3 Å². The minimum Gasteiger partial charge on any atom is -0.461 e. The van der Waals surface area contributed by atoms with Gasteiger partial charge in [-0.2, -0.15) is 0 Å². The number of allylic oxidation sites excluding steroid dienone is 5. The van der Waals surface area contributed by atoms with Crippen LogP contribution in [0, 0.1) is 5.41 Å². The fourth-order valence-electron chi connectivity index (χ4n) is 0.842. The summed E-state index contributed by atoms with van der Waals surface area (Å²) >= 11 is 0. The highest BCUT2D eigenvalue weighted by Gasteiger charge is 2.12. The summed E-state index contributed by atoms with van der Waals surface area (Å²) in [4.78, 5) is 11.2. The van der Waals surface area contributed by atoms with Crippen molar-refractivity contribution in [2.24, 2.45) is 0 Å². The summed E-state index contributed by atoms with van der Waals surface area (Å²) < 4.78 is 4.71. The largest absolute Gasteiger partial charge is 0.461 e. The van der Waals surface area contributed by atoms with E-state index in [4.69, 9.17) is 10.1 Å². The molecule has 80 valence electrons. The van der Waals surface area contributed by atoms with Gasteiger partial charge in [-0.1, -0.05) is 43.5 Å². The Morgan fingerprint density at radius 1 is 1.40 bits per heavy atom. The van der Waals surface area contributed by atoms with Crippen LogP contribution in [0.5, 0.6) is 0 Å². The lowest BCUT2D eigenvalue weighted by Gasteiger charge is -2.03. The highest BCUT2D eigenvalue weighted by Crippen LogP contribution is 2.02. The summed E-state index contributed by atoms with van der Waals surface area (Å²) in [6.07, 6.45) is 7.89. The van der Waals surface area contributed by atoms with Gasteiger partial charge in [-0.15, -0.1) is 0 Å². The van der Waals surface area contributed by atoms with Crippen LogP contribution in [0.1, 0.15) is 6.92 Å². The summed E-state index contributed by atoms with van der Waals surface area (Å²) in [5.41, 5.74) is 0.262. The van der Waals surface area contributed by atoms with Crippen LogP contribution in [0.3, 0.4) is 0 Å². The van der Waals surface area contributed by atoms with Crippen molar-refractivity contribution in [1.29, 1.82) is 5.41 Å². The molecular weight excluding hydrogens is 190 g/mol. The SMILES string of the molecule is C=C/C=C\C(=C/C=C)C(=N)C(=O)OCC. The summed E-state index contributed by atoms with van der Waals surface area (Å²) in [6.45, 7) is 8.97. The summed E-state index contributed by atoms with van der Waals surface area (Å²) in [6, 6.07) is 0. The second-order valence-electron chi connectivity index (χ2n) is 2.55. The van der Waals surface area contributed by atoms with Crippen molar-refractivity contribution in [2.75, 3.05) is 6.61 Å². The monoisotopic (exact) mass is 205 g/mol. The minimum absolute atomic E-state index is 0.185. The zero-order valence-corrected chi connectivity index (χ0v) is 8.82. The lowest BCUT2D eigenvalue weighted by atomic mass is 10.1. The molecule has 0 saturated carbocycles. The fraction of sp³-hybridized carbons (Fsp3) is 0.167. The molecule has 0 aliphatic rings. The Morgan fingerprint density at radius 2 is 2.07 bits per heavy atom. The van der Waals surface area contributed by atoms with Gasteiger partial charge in [0.2, 0.25) is 0 Å². The van der Waals surface area contributed by atoms with Crippen LogP contribution in [0.4, 0.5) is 0 Å². The third kappa shape index (κ3) is 4.76. The van der Waals surface area contributed by atoms with E-state index in [1.807, 2.05) is 0 Å². The van der Waals surface area contributed by atoms with E-state index in [2.05, 4.69) is 13.2 Å². The molecule has 0 bridgehead atoms. The number of ether oxygens (including phenoxy) is 1. The fourth-order valence-corrected chi connectivity index (χ4v) is 0.842. The third-order valence-electron chi connectivity index (χ3n) is 1.48. The van der Waals surface area contributed by atoms with Crippen LogP contribution >= 0.6 is 0 Å². The van der Waals surface area contributed by atoms with Gasteiger partial charge in [-0.05, 0) is 6.92 Å². The first-order valence-electron chi connectivity index (χ1n) is 4.55. The Hall–Kier alpha value is -1.90. The average Bonchev–Trinajstić information content (AvgIpc) is 2.23. The Bertz CT molecular complexity index is 325.